The predicted molar refractivity (Wildman–Crippen MR) is 159 cm³/mol. The van der Waals surface area contributed by atoms with Crippen LogP contribution in [-0.2, 0) is 22.8 Å². The number of likely N-dealkylation sites (N-methyl/N-ethyl adjacent to an activating group) is 1. The summed E-state index contributed by atoms with van der Waals surface area (Å²) < 4.78 is 6.66. The van der Waals surface area contributed by atoms with Gasteiger partial charge >= 0.3 is 0 Å². The Balaban J connectivity index is 1.43. The van der Waals surface area contributed by atoms with Crippen molar-refractivity contribution in [3.05, 3.63) is 59.0 Å². The van der Waals surface area contributed by atoms with Crippen LogP contribution in [-0.4, -0.2) is 54.9 Å². The van der Waals surface area contributed by atoms with Crippen LogP contribution in [0.5, 0.6) is 0 Å². The van der Waals surface area contributed by atoms with Gasteiger partial charge in [-0.1, -0.05) is 27.7 Å². The molecule has 9 heteroatoms. The van der Waals surface area contributed by atoms with Crippen molar-refractivity contribution in [2.24, 2.45) is 0 Å². The molecular weight excluding hydrogens is 502 g/mol. The van der Waals surface area contributed by atoms with E-state index in [2.05, 4.69) is 91.5 Å². The van der Waals surface area contributed by atoms with Crippen molar-refractivity contribution < 1.29 is 4.43 Å². The zero-order valence-electron chi connectivity index (χ0n) is 24.1. The molecule has 0 radical (unpaired) electrons. The van der Waals surface area contributed by atoms with Gasteiger partial charge in [0.15, 0.2) is 8.32 Å². The van der Waals surface area contributed by atoms with Gasteiger partial charge in [0.2, 0.25) is 5.95 Å². The van der Waals surface area contributed by atoms with Gasteiger partial charge in [0.1, 0.15) is 6.07 Å². The number of nitriles is 1. The summed E-state index contributed by atoms with van der Waals surface area (Å²) in [4.78, 5) is 16.2. The Bertz CT molecular complexity index is 1440. The Hall–Kier alpha value is -3.32. The number of nitrogens with zero attached hydrogens (tertiary/aromatic N) is 5. The van der Waals surface area contributed by atoms with Crippen LogP contribution in [0.1, 0.15) is 50.1 Å². The molecule has 2 aliphatic rings. The third kappa shape index (κ3) is 5.42. The van der Waals surface area contributed by atoms with E-state index in [0.717, 1.165) is 59.9 Å². The monoisotopic (exact) mass is 541 g/mol. The van der Waals surface area contributed by atoms with E-state index < -0.39 is 8.32 Å². The van der Waals surface area contributed by atoms with Crippen molar-refractivity contribution in [3.8, 4) is 17.3 Å². The van der Waals surface area contributed by atoms with E-state index in [0.29, 0.717) is 18.1 Å². The highest BCUT2D eigenvalue weighted by atomic mass is 28.4. The van der Waals surface area contributed by atoms with E-state index in [1.165, 1.54) is 5.56 Å². The molecular formula is C30H39N7OSi. The largest absolute Gasteiger partial charge is 0.416 e. The maximum Gasteiger partial charge on any atom is 0.227 e. The minimum atomic E-state index is -1.93. The van der Waals surface area contributed by atoms with Crippen LogP contribution in [0, 0.1) is 11.3 Å². The lowest BCUT2D eigenvalue weighted by atomic mass is 9.83. The smallest absolute Gasteiger partial charge is 0.227 e. The maximum absolute atomic E-state index is 10.0. The number of rotatable bonds is 6. The highest BCUT2D eigenvalue weighted by Crippen LogP contribution is 2.44. The molecule has 8 nitrogen and oxygen atoms in total. The molecule has 0 bridgehead atoms. The fourth-order valence-electron chi connectivity index (χ4n) is 4.95. The Morgan fingerprint density at radius 1 is 1.23 bits per heavy atom. The summed E-state index contributed by atoms with van der Waals surface area (Å²) in [6, 6.07) is 10.5. The van der Waals surface area contributed by atoms with Crippen LogP contribution >= 0.6 is 0 Å². The fourth-order valence-corrected chi connectivity index (χ4v) is 6.07. The van der Waals surface area contributed by atoms with Crippen molar-refractivity contribution in [2.75, 3.05) is 37.4 Å². The topological polar surface area (TPSA) is 99.0 Å². The highest BCUT2D eigenvalue weighted by molar-refractivity contribution is 6.74. The van der Waals surface area contributed by atoms with E-state index in [9.17, 15) is 5.26 Å². The molecule has 0 unspecified atom stereocenters. The number of pyridine rings is 1. The quantitative estimate of drug-likeness (QED) is 0.375. The molecule has 0 amide bonds. The molecule has 0 spiro atoms. The lowest BCUT2D eigenvalue weighted by Crippen LogP contribution is -2.45. The van der Waals surface area contributed by atoms with E-state index in [1.807, 2.05) is 18.3 Å². The minimum Gasteiger partial charge on any atom is -0.416 e. The van der Waals surface area contributed by atoms with Gasteiger partial charge < -0.3 is 20.0 Å². The lowest BCUT2D eigenvalue weighted by molar-refractivity contribution is 0.220. The molecule has 4 heterocycles. The van der Waals surface area contributed by atoms with Crippen molar-refractivity contribution >= 4 is 25.6 Å². The lowest BCUT2D eigenvalue weighted by Gasteiger charge is -2.39. The van der Waals surface area contributed by atoms with E-state index in [1.54, 1.807) is 6.20 Å². The second-order valence-electron chi connectivity index (χ2n) is 12.7. The summed E-state index contributed by atoms with van der Waals surface area (Å²) in [5.74, 6) is 0.500. The number of anilines is 3. The number of hydrogen-bond acceptors (Lipinski definition) is 8. The van der Waals surface area contributed by atoms with Gasteiger partial charge in [-0.25, -0.2) is 9.97 Å². The summed E-state index contributed by atoms with van der Waals surface area (Å²) >= 11 is 0. The zero-order chi connectivity index (χ0) is 28.0. The molecule has 1 aromatic carbocycles. The summed E-state index contributed by atoms with van der Waals surface area (Å²) in [5.41, 5.74) is 7.29. The molecule has 0 fully saturated rings. The molecule has 204 valence electrons. The predicted octanol–water partition coefficient (Wildman–Crippen LogP) is 5.85. The number of nitrogens with one attached hydrogen (secondary N) is 2. The molecule has 39 heavy (non-hydrogen) atoms. The Morgan fingerprint density at radius 3 is 2.77 bits per heavy atom. The molecule has 1 atom stereocenters. The summed E-state index contributed by atoms with van der Waals surface area (Å²) in [6.07, 6.45) is 4.57. The van der Waals surface area contributed by atoms with Gasteiger partial charge in [-0.05, 0) is 60.6 Å². The van der Waals surface area contributed by atoms with Crippen molar-refractivity contribution in [2.45, 2.75) is 64.2 Å². The Morgan fingerprint density at radius 2 is 2.03 bits per heavy atom. The van der Waals surface area contributed by atoms with Crippen LogP contribution in [0.3, 0.4) is 0 Å². The SMILES string of the molecule is CN1CCc2ncc(Nc3nccc(-c4cc(C#N)c5c(c4)[C@@](C)(CO[Si](C)(C)C(C)(C)C)CN5)n3)cc2C1. The molecule has 0 saturated heterocycles. The third-order valence-corrected chi connectivity index (χ3v) is 13.0. The van der Waals surface area contributed by atoms with E-state index in [4.69, 9.17) is 9.41 Å². The second kappa shape index (κ2) is 10.0. The van der Waals surface area contributed by atoms with Crippen LogP contribution < -0.4 is 10.6 Å². The number of fused-ring (bicyclic) bond motifs is 2. The summed E-state index contributed by atoms with van der Waals surface area (Å²) in [7, 11) is 0.199. The van der Waals surface area contributed by atoms with Gasteiger partial charge in [0.05, 0.1) is 28.8 Å². The average Bonchev–Trinajstić information content (AvgIpc) is 3.23. The first kappa shape index (κ1) is 27.3. The zero-order valence-corrected chi connectivity index (χ0v) is 25.1. The first-order chi connectivity index (χ1) is 18.4. The fraction of sp³-hybridized carbons (Fsp3) is 0.467. The van der Waals surface area contributed by atoms with Crippen LogP contribution in [0.4, 0.5) is 17.3 Å². The number of aromatic nitrogens is 3. The first-order valence-corrected chi connectivity index (χ1v) is 16.5. The van der Waals surface area contributed by atoms with Gasteiger partial charge in [-0.2, -0.15) is 5.26 Å². The summed E-state index contributed by atoms with van der Waals surface area (Å²) in [6.45, 7) is 16.8. The molecule has 0 saturated carbocycles. The molecule has 5 rings (SSSR count). The molecule has 2 aliphatic heterocycles. The maximum atomic E-state index is 10.0. The van der Waals surface area contributed by atoms with E-state index in [-0.39, 0.29) is 10.5 Å². The van der Waals surface area contributed by atoms with Crippen molar-refractivity contribution in [1.29, 1.82) is 5.26 Å². The van der Waals surface area contributed by atoms with Gasteiger partial charge in [0.25, 0.3) is 0 Å². The van der Waals surface area contributed by atoms with E-state index >= 15 is 0 Å². The molecule has 2 aromatic heterocycles. The van der Waals surface area contributed by atoms with Gasteiger partial charge in [-0.15, -0.1) is 0 Å². The van der Waals surface area contributed by atoms with Gasteiger partial charge in [-0.3, -0.25) is 4.98 Å². The normalized spacial score (nSPS) is 19.1. The average molecular weight is 542 g/mol. The number of hydrogen-bond donors (Lipinski definition) is 2. The Kier molecular flexibility index (Phi) is 7.00. The molecule has 2 N–H and O–H groups in total. The molecule has 0 aliphatic carbocycles. The first-order valence-electron chi connectivity index (χ1n) is 13.6. The highest BCUT2D eigenvalue weighted by Gasteiger charge is 2.42. The number of benzene rings is 1. The second-order valence-corrected chi connectivity index (χ2v) is 17.5. The minimum absolute atomic E-state index is 0.131. The van der Waals surface area contributed by atoms with Crippen LogP contribution in [0.15, 0.2) is 36.7 Å². The van der Waals surface area contributed by atoms with Crippen LogP contribution in [0.25, 0.3) is 11.3 Å². The Labute approximate surface area is 233 Å². The van der Waals surface area contributed by atoms with Crippen molar-refractivity contribution in [3.63, 3.8) is 0 Å². The standard InChI is InChI=1S/C30H39N7OSi/c1-29(2,3)39(6,7)38-19-30(4)18-34-27-21(15-31)12-20(14-24(27)30)26-8-10-32-28(36-26)35-23-13-22-17-37(5)11-9-25(22)33-16-23/h8,10,12-14,16,34H,9,11,17-19H2,1-7H3,(H,32,35,36)/t30-/m1/s1. The van der Waals surface area contributed by atoms with Gasteiger partial charge in [0, 0.05) is 55.5 Å². The third-order valence-electron chi connectivity index (χ3n) is 8.56. The summed E-state index contributed by atoms with van der Waals surface area (Å²) in [5, 5.41) is 17.0. The molecule has 3 aromatic rings. The van der Waals surface area contributed by atoms with Crippen molar-refractivity contribution in [1.82, 2.24) is 19.9 Å². The van der Waals surface area contributed by atoms with Crippen LogP contribution in [0.2, 0.25) is 18.1 Å².